The van der Waals surface area contributed by atoms with Crippen molar-refractivity contribution in [2.24, 2.45) is 0 Å². The Morgan fingerprint density at radius 2 is 1.25 bits per heavy atom. The lowest BCUT2D eigenvalue weighted by molar-refractivity contribution is -0.109. The summed E-state index contributed by atoms with van der Waals surface area (Å²) in [6.07, 6.45) is 10.8. The van der Waals surface area contributed by atoms with Gasteiger partial charge in [-0.3, -0.25) is 0 Å². The number of ether oxygens (including phenoxy) is 1. The molecule has 0 spiro atoms. The van der Waals surface area contributed by atoms with Gasteiger partial charge in [0, 0.05) is 25.9 Å². The van der Waals surface area contributed by atoms with Crippen LogP contribution >= 0.6 is 0 Å². The van der Waals surface area contributed by atoms with Crippen molar-refractivity contribution in [1.29, 1.82) is 0 Å². The van der Waals surface area contributed by atoms with Crippen LogP contribution in [0, 0.1) is 0 Å². The molecule has 0 aromatic carbocycles. The lowest BCUT2D eigenvalue weighted by atomic mass is 10.1. The van der Waals surface area contributed by atoms with Gasteiger partial charge in [0.1, 0.15) is 6.29 Å². The highest BCUT2D eigenvalue weighted by molar-refractivity contribution is 6.60. The summed E-state index contributed by atoms with van der Waals surface area (Å²) in [6, 6.07) is 0.892. The second kappa shape index (κ2) is 16.5. The zero-order chi connectivity index (χ0) is 18.1. The van der Waals surface area contributed by atoms with Gasteiger partial charge >= 0.3 is 8.80 Å². The van der Waals surface area contributed by atoms with Crippen LogP contribution in [0.25, 0.3) is 0 Å². The van der Waals surface area contributed by atoms with Crippen molar-refractivity contribution >= 4 is 8.80 Å². The second-order valence-electron chi connectivity index (χ2n) is 6.33. The number of hydrogen-bond acceptors (Lipinski definition) is 4. The summed E-state index contributed by atoms with van der Waals surface area (Å²) in [6.45, 7) is 12.4. The first kappa shape index (κ1) is 24.1. The minimum atomic E-state index is -2.62. The monoisotopic (exact) mass is 362 g/mol. The van der Waals surface area contributed by atoms with Gasteiger partial charge in [-0.05, 0) is 33.6 Å². The third-order valence-corrected chi connectivity index (χ3v) is 7.12. The molecule has 1 unspecified atom stereocenters. The van der Waals surface area contributed by atoms with Crippen molar-refractivity contribution in [2.75, 3.05) is 19.8 Å². The average molecular weight is 363 g/mol. The van der Waals surface area contributed by atoms with E-state index in [-0.39, 0.29) is 6.29 Å². The van der Waals surface area contributed by atoms with Crippen LogP contribution in [0.1, 0.15) is 92.4 Å². The van der Waals surface area contributed by atoms with E-state index in [1.165, 1.54) is 44.9 Å². The Kier molecular flexibility index (Phi) is 16.6. The van der Waals surface area contributed by atoms with E-state index in [1.54, 1.807) is 0 Å². The van der Waals surface area contributed by atoms with Gasteiger partial charge in [-0.1, -0.05) is 58.8 Å². The van der Waals surface area contributed by atoms with Crippen LogP contribution in [0.5, 0.6) is 0 Å². The molecule has 1 atom stereocenters. The van der Waals surface area contributed by atoms with Crippen molar-refractivity contribution < 1.29 is 18.0 Å². The quantitative estimate of drug-likeness (QED) is 0.172. The second-order valence-corrected chi connectivity index (χ2v) is 9.01. The van der Waals surface area contributed by atoms with Gasteiger partial charge in [0.2, 0.25) is 0 Å². The zero-order valence-corrected chi connectivity index (χ0v) is 17.9. The normalized spacial score (nSPS) is 13.4. The van der Waals surface area contributed by atoms with E-state index < -0.39 is 8.80 Å². The highest BCUT2D eigenvalue weighted by Crippen LogP contribution is 2.22. The third-order valence-electron chi connectivity index (χ3n) is 4.01. The molecule has 0 heterocycles. The van der Waals surface area contributed by atoms with Crippen molar-refractivity contribution in [3.63, 3.8) is 0 Å². The average Bonchev–Trinajstić information content (AvgIpc) is 2.55. The van der Waals surface area contributed by atoms with Crippen LogP contribution in [0.2, 0.25) is 6.04 Å². The lowest BCUT2D eigenvalue weighted by Crippen LogP contribution is -2.48. The summed E-state index contributed by atoms with van der Waals surface area (Å²) < 4.78 is 24.0. The van der Waals surface area contributed by atoms with Crippen molar-refractivity contribution in [3.8, 4) is 0 Å². The van der Waals surface area contributed by atoms with Crippen LogP contribution < -0.4 is 0 Å². The third kappa shape index (κ3) is 12.4. The SMILES string of the molecule is CCCCCCCC[Si](OCC)(OCC)OC(C)OCCCCC. The minimum Gasteiger partial charge on any atom is -0.374 e. The Morgan fingerprint density at radius 1 is 0.708 bits per heavy atom. The molecule has 0 aromatic rings. The predicted molar refractivity (Wildman–Crippen MR) is 103 cm³/mol. The van der Waals surface area contributed by atoms with Gasteiger partial charge in [-0.2, -0.15) is 0 Å². The van der Waals surface area contributed by atoms with E-state index in [0.717, 1.165) is 25.5 Å². The largest absolute Gasteiger partial charge is 0.502 e. The maximum atomic E-state index is 6.20. The molecule has 0 radical (unpaired) electrons. The standard InChI is InChI=1S/C19H42O4Si/c1-6-10-12-13-14-16-18-24(21-8-3,22-9-4)23-19(5)20-17-15-11-7-2/h19H,6-18H2,1-5H3. The zero-order valence-electron chi connectivity index (χ0n) is 16.9. The predicted octanol–water partition coefficient (Wildman–Crippen LogP) is 5.93. The molecule has 24 heavy (non-hydrogen) atoms. The van der Waals surface area contributed by atoms with E-state index in [1.807, 2.05) is 20.8 Å². The molecule has 146 valence electrons. The molecule has 0 aromatic heterocycles. The number of hydrogen-bond donors (Lipinski definition) is 0. The summed E-state index contributed by atoms with van der Waals surface area (Å²) in [7, 11) is -2.62. The first-order valence-electron chi connectivity index (χ1n) is 10.2. The Balaban J connectivity index is 4.34. The number of unbranched alkanes of at least 4 members (excludes halogenated alkanes) is 7. The Labute approximate surface area is 152 Å². The van der Waals surface area contributed by atoms with Gasteiger partial charge in [-0.15, -0.1) is 0 Å². The molecule has 0 rings (SSSR count). The Bertz CT molecular complexity index is 258. The molecule has 0 aliphatic carbocycles. The molecule has 0 aliphatic heterocycles. The fourth-order valence-corrected chi connectivity index (χ4v) is 5.53. The van der Waals surface area contributed by atoms with Crippen LogP contribution in [-0.2, 0) is 18.0 Å². The fraction of sp³-hybridized carbons (Fsp3) is 1.00. The van der Waals surface area contributed by atoms with E-state index >= 15 is 0 Å². The Morgan fingerprint density at radius 3 is 1.83 bits per heavy atom. The van der Waals surface area contributed by atoms with Gasteiger partial charge in [0.25, 0.3) is 0 Å². The maximum Gasteiger partial charge on any atom is 0.502 e. The Hall–Kier alpha value is 0.0569. The molecule has 0 fully saturated rings. The van der Waals surface area contributed by atoms with E-state index in [0.29, 0.717) is 13.2 Å². The molecule has 0 N–H and O–H groups in total. The van der Waals surface area contributed by atoms with Crippen molar-refractivity contribution in [3.05, 3.63) is 0 Å². The van der Waals surface area contributed by atoms with Gasteiger partial charge in [0.15, 0.2) is 0 Å². The van der Waals surface area contributed by atoms with Crippen LogP contribution in [0.3, 0.4) is 0 Å². The fourth-order valence-electron chi connectivity index (χ4n) is 2.76. The van der Waals surface area contributed by atoms with Gasteiger partial charge < -0.3 is 18.0 Å². The molecule has 4 nitrogen and oxygen atoms in total. The molecule has 0 bridgehead atoms. The van der Waals surface area contributed by atoms with E-state index in [2.05, 4.69) is 13.8 Å². The van der Waals surface area contributed by atoms with Crippen molar-refractivity contribution in [2.45, 2.75) is 105 Å². The topological polar surface area (TPSA) is 36.9 Å². The summed E-state index contributed by atoms with van der Waals surface area (Å²) in [5.74, 6) is 0. The summed E-state index contributed by atoms with van der Waals surface area (Å²) in [5.41, 5.74) is 0. The smallest absolute Gasteiger partial charge is 0.374 e. The van der Waals surface area contributed by atoms with Crippen molar-refractivity contribution in [1.82, 2.24) is 0 Å². The highest BCUT2D eigenvalue weighted by Gasteiger charge is 2.41. The maximum absolute atomic E-state index is 6.20. The lowest BCUT2D eigenvalue weighted by Gasteiger charge is -2.31. The van der Waals surface area contributed by atoms with E-state index in [4.69, 9.17) is 18.0 Å². The first-order valence-corrected chi connectivity index (χ1v) is 12.1. The first-order chi connectivity index (χ1) is 11.6. The molecule has 0 saturated heterocycles. The minimum absolute atomic E-state index is 0.258. The van der Waals surface area contributed by atoms with Gasteiger partial charge in [0.05, 0.1) is 0 Å². The van der Waals surface area contributed by atoms with Crippen LogP contribution in [0.15, 0.2) is 0 Å². The molecule has 0 saturated carbocycles. The summed E-state index contributed by atoms with van der Waals surface area (Å²) in [4.78, 5) is 0. The summed E-state index contributed by atoms with van der Waals surface area (Å²) >= 11 is 0. The highest BCUT2D eigenvalue weighted by atomic mass is 28.4. The van der Waals surface area contributed by atoms with Crippen LogP contribution in [-0.4, -0.2) is 34.9 Å². The van der Waals surface area contributed by atoms with Gasteiger partial charge in [-0.25, -0.2) is 0 Å². The number of rotatable bonds is 18. The molecule has 0 amide bonds. The molecular formula is C19H42O4Si. The molecular weight excluding hydrogens is 320 g/mol. The van der Waals surface area contributed by atoms with E-state index in [9.17, 15) is 0 Å². The van der Waals surface area contributed by atoms with Crippen LogP contribution in [0.4, 0.5) is 0 Å². The molecule has 5 heteroatoms. The molecule has 0 aliphatic rings. The summed E-state index contributed by atoms with van der Waals surface area (Å²) in [5, 5.41) is 0.